The van der Waals surface area contributed by atoms with Crippen LogP contribution in [0.25, 0.3) is 0 Å². The molecule has 1 unspecified atom stereocenters. The molecule has 0 amide bonds. The molecule has 0 aliphatic heterocycles. The minimum absolute atomic E-state index is 0.0604. The van der Waals surface area contributed by atoms with Crippen LogP contribution in [0.1, 0.15) is 43.7 Å². The van der Waals surface area contributed by atoms with Gasteiger partial charge < -0.3 is 34.6 Å². The number of rotatable bonds is 19. The second kappa shape index (κ2) is 28.4. The van der Waals surface area contributed by atoms with E-state index in [0.29, 0.717) is 70.1 Å². The van der Waals surface area contributed by atoms with Gasteiger partial charge in [0.05, 0.1) is 24.1 Å². The van der Waals surface area contributed by atoms with Gasteiger partial charge in [0.25, 0.3) is 0 Å². The Morgan fingerprint density at radius 3 is 1.41 bits per heavy atom. The smallest absolute Gasteiger partial charge is 0.240 e. The molecule has 0 aromatic heterocycles. The van der Waals surface area contributed by atoms with E-state index in [2.05, 4.69) is 9.98 Å². The predicted molar refractivity (Wildman–Crippen MR) is 155 cm³/mol. The van der Waals surface area contributed by atoms with Crippen LogP contribution >= 0.6 is 0 Å². The summed E-state index contributed by atoms with van der Waals surface area (Å²) in [6, 6.07) is 14.7. The molecule has 1 atom stereocenters. The summed E-state index contributed by atoms with van der Waals surface area (Å²) in [5.74, 6) is 0. The highest BCUT2D eigenvalue weighted by molar-refractivity contribution is 5.51. The van der Waals surface area contributed by atoms with E-state index in [1.807, 2.05) is 31.2 Å². The summed E-state index contributed by atoms with van der Waals surface area (Å²) < 4.78 is 15.5. The number of carbonyl (C=O) groups excluding carboxylic acids is 2. The van der Waals surface area contributed by atoms with Crippen LogP contribution in [0.2, 0.25) is 0 Å². The summed E-state index contributed by atoms with van der Waals surface area (Å²) in [5, 5.41) is 33.5. The molecule has 4 N–H and O–H groups in total. The Labute approximate surface area is 242 Å². The third-order valence-corrected chi connectivity index (χ3v) is 5.03. The van der Waals surface area contributed by atoms with Crippen LogP contribution in [-0.2, 0) is 30.2 Å². The molecule has 0 radical (unpaired) electrons. The standard InChI is InChI=1S/C15H10N2O2.C9H20O4.C6H14O3/c18-10-16-14-5-1-12(2-6-14)9-13-3-7-15(8-4-13)17-11-19;1-9(13-7-3-5-11)8-12-6-2-4-10;7-3-1-5-9-6-2-4-8/h1-8H,9H2;9-11H,2-8H2,1H3;7-8H,1-6H2. The van der Waals surface area contributed by atoms with Crippen LogP contribution in [0.15, 0.2) is 58.5 Å². The lowest BCUT2D eigenvalue weighted by Gasteiger charge is -2.12. The third-order valence-electron chi connectivity index (χ3n) is 5.03. The monoisotopic (exact) mass is 576 g/mol. The fraction of sp³-hybridized carbons (Fsp3) is 0.533. The van der Waals surface area contributed by atoms with Gasteiger partial charge in [0.15, 0.2) is 0 Å². The molecule has 228 valence electrons. The van der Waals surface area contributed by atoms with Gasteiger partial charge in [-0.1, -0.05) is 24.3 Å². The molecule has 11 heteroatoms. The summed E-state index contributed by atoms with van der Waals surface area (Å²) in [7, 11) is 0. The van der Waals surface area contributed by atoms with Gasteiger partial charge in [-0.15, -0.1) is 0 Å². The zero-order valence-corrected chi connectivity index (χ0v) is 23.8. The van der Waals surface area contributed by atoms with Crippen LogP contribution in [0.4, 0.5) is 11.4 Å². The zero-order chi connectivity index (χ0) is 30.4. The molecule has 0 heterocycles. The number of aliphatic hydroxyl groups excluding tert-OH is 4. The molecular weight excluding hydrogens is 532 g/mol. The lowest BCUT2D eigenvalue weighted by Crippen LogP contribution is -2.17. The molecule has 2 aromatic rings. The number of ether oxygens (including phenoxy) is 3. The fourth-order valence-corrected chi connectivity index (χ4v) is 2.97. The number of benzene rings is 2. The number of aliphatic imine (C=N–C) groups is 2. The normalized spacial score (nSPS) is 10.7. The molecule has 2 aromatic carbocycles. The first-order chi connectivity index (χ1) is 20.0. The summed E-state index contributed by atoms with van der Waals surface area (Å²) in [4.78, 5) is 27.3. The van der Waals surface area contributed by atoms with Crippen molar-refractivity contribution in [3.05, 3.63) is 59.7 Å². The van der Waals surface area contributed by atoms with Gasteiger partial charge in [0.1, 0.15) is 0 Å². The van der Waals surface area contributed by atoms with Crippen molar-refractivity contribution in [2.45, 2.75) is 45.1 Å². The van der Waals surface area contributed by atoms with E-state index in [1.165, 1.54) is 12.2 Å². The molecule has 0 bridgehead atoms. The molecule has 0 spiro atoms. The van der Waals surface area contributed by atoms with Crippen molar-refractivity contribution in [2.24, 2.45) is 9.98 Å². The van der Waals surface area contributed by atoms with Crippen LogP contribution in [0.5, 0.6) is 0 Å². The van der Waals surface area contributed by atoms with Crippen LogP contribution in [0.3, 0.4) is 0 Å². The van der Waals surface area contributed by atoms with E-state index in [-0.39, 0.29) is 32.5 Å². The van der Waals surface area contributed by atoms with E-state index < -0.39 is 0 Å². The minimum Gasteiger partial charge on any atom is -0.396 e. The molecule has 0 saturated carbocycles. The largest absolute Gasteiger partial charge is 0.396 e. The molecule has 0 fully saturated rings. The van der Waals surface area contributed by atoms with Gasteiger partial charge in [-0.3, -0.25) is 0 Å². The Morgan fingerprint density at radius 1 is 0.634 bits per heavy atom. The maximum absolute atomic E-state index is 10.1. The maximum Gasteiger partial charge on any atom is 0.240 e. The SMILES string of the molecule is CC(COCCCO)OCCCO.O=C=Nc1ccc(Cc2ccc(N=C=O)cc2)cc1.OCCCOCCCO. The van der Waals surface area contributed by atoms with Gasteiger partial charge in [-0.25, -0.2) is 9.59 Å². The van der Waals surface area contributed by atoms with Gasteiger partial charge in [0.2, 0.25) is 12.2 Å². The Bertz CT molecular complexity index is 893. The first kappa shape index (κ1) is 37.9. The van der Waals surface area contributed by atoms with E-state index in [4.69, 9.17) is 34.6 Å². The van der Waals surface area contributed by atoms with Crippen LogP contribution in [0, 0.1) is 0 Å². The highest BCUT2D eigenvalue weighted by atomic mass is 16.5. The average molecular weight is 577 g/mol. The van der Waals surface area contributed by atoms with Crippen molar-refractivity contribution < 1.29 is 44.2 Å². The van der Waals surface area contributed by atoms with Crippen molar-refractivity contribution in [2.75, 3.05) is 59.5 Å². The number of isocyanates is 2. The summed E-state index contributed by atoms with van der Waals surface area (Å²) in [6.45, 7) is 5.50. The Kier molecular flexibility index (Phi) is 26.3. The summed E-state index contributed by atoms with van der Waals surface area (Å²) >= 11 is 0. The minimum atomic E-state index is 0.0604. The van der Waals surface area contributed by atoms with Crippen molar-refractivity contribution in [3.8, 4) is 0 Å². The van der Waals surface area contributed by atoms with Crippen molar-refractivity contribution >= 4 is 23.5 Å². The van der Waals surface area contributed by atoms with E-state index in [9.17, 15) is 9.59 Å². The number of nitrogens with zero attached hydrogens (tertiary/aromatic N) is 2. The summed E-state index contributed by atoms with van der Waals surface area (Å²) in [6.07, 6.45) is 6.54. The number of hydrogen-bond donors (Lipinski definition) is 4. The first-order valence-corrected chi connectivity index (χ1v) is 13.6. The van der Waals surface area contributed by atoms with Crippen molar-refractivity contribution in [3.63, 3.8) is 0 Å². The molecule has 0 saturated heterocycles. The molecule has 11 nitrogen and oxygen atoms in total. The fourth-order valence-electron chi connectivity index (χ4n) is 2.97. The topological polar surface area (TPSA) is 167 Å². The Hall–Kier alpha value is -3.08. The highest BCUT2D eigenvalue weighted by Gasteiger charge is 2.01. The lowest BCUT2D eigenvalue weighted by molar-refractivity contribution is -0.0129. The Balaban J connectivity index is 0.000000635. The van der Waals surface area contributed by atoms with Crippen molar-refractivity contribution in [1.82, 2.24) is 0 Å². The van der Waals surface area contributed by atoms with E-state index >= 15 is 0 Å². The molecule has 0 aliphatic carbocycles. The van der Waals surface area contributed by atoms with Crippen LogP contribution in [-0.4, -0.2) is 98.2 Å². The molecule has 0 aliphatic rings. The quantitative estimate of drug-likeness (QED) is 0.112. The second-order valence-electron chi connectivity index (χ2n) is 8.59. The van der Waals surface area contributed by atoms with Gasteiger partial charge in [0, 0.05) is 52.9 Å². The summed E-state index contributed by atoms with van der Waals surface area (Å²) in [5.41, 5.74) is 3.40. The highest BCUT2D eigenvalue weighted by Crippen LogP contribution is 2.17. The van der Waals surface area contributed by atoms with Gasteiger partial charge in [-0.05, 0) is 74.4 Å². The van der Waals surface area contributed by atoms with Crippen molar-refractivity contribution in [1.29, 1.82) is 0 Å². The maximum atomic E-state index is 10.1. The third kappa shape index (κ3) is 23.3. The average Bonchev–Trinajstić information content (AvgIpc) is 2.98. The number of hydrogen-bond acceptors (Lipinski definition) is 11. The lowest BCUT2D eigenvalue weighted by atomic mass is 10.0. The number of aliphatic hydroxyl groups is 4. The zero-order valence-electron chi connectivity index (χ0n) is 23.8. The first-order valence-electron chi connectivity index (χ1n) is 13.6. The second-order valence-corrected chi connectivity index (χ2v) is 8.59. The van der Waals surface area contributed by atoms with E-state index in [1.54, 1.807) is 24.3 Å². The predicted octanol–water partition coefficient (Wildman–Crippen LogP) is 3.15. The molecule has 2 rings (SSSR count). The van der Waals surface area contributed by atoms with E-state index in [0.717, 1.165) is 17.5 Å². The van der Waals surface area contributed by atoms with Crippen LogP contribution < -0.4 is 0 Å². The molecule has 41 heavy (non-hydrogen) atoms. The van der Waals surface area contributed by atoms with Gasteiger partial charge >= 0.3 is 0 Å². The Morgan fingerprint density at radius 2 is 1.02 bits per heavy atom. The van der Waals surface area contributed by atoms with Gasteiger partial charge in [-0.2, -0.15) is 9.98 Å². The molecular formula is C30H44N2O9.